The van der Waals surface area contributed by atoms with Crippen molar-refractivity contribution in [2.75, 3.05) is 40.3 Å². The summed E-state index contributed by atoms with van der Waals surface area (Å²) in [5, 5.41) is 3.19. The van der Waals surface area contributed by atoms with Crippen LogP contribution in [0.25, 0.3) is 0 Å². The van der Waals surface area contributed by atoms with Crippen LogP contribution < -0.4 is 10.1 Å². The van der Waals surface area contributed by atoms with Crippen LogP contribution >= 0.6 is 24.0 Å². The second-order valence-electron chi connectivity index (χ2n) is 6.36. The number of nitrogens with one attached hydrogen (secondary N) is 1. The van der Waals surface area contributed by atoms with Crippen LogP contribution in [0, 0.1) is 0 Å². The number of nitrogens with zero attached hydrogens (tertiary/aromatic N) is 3. The number of carbonyl (C=O) groups is 2. The Bertz CT molecular complexity index is 838. The lowest BCUT2D eigenvalue weighted by Crippen LogP contribution is -2.44. The largest absolute Gasteiger partial charge is 0.492 e. The molecule has 29 heavy (non-hydrogen) atoms. The van der Waals surface area contributed by atoms with Crippen molar-refractivity contribution < 1.29 is 14.3 Å². The van der Waals surface area contributed by atoms with Crippen LogP contribution in [-0.4, -0.2) is 67.9 Å². The molecule has 154 valence electrons. The van der Waals surface area contributed by atoms with E-state index in [-0.39, 0.29) is 42.3 Å². The third-order valence-electron chi connectivity index (χ3n) is 4.51. The van der Waals surface area contributed by atoms with E-state index in [1.807, 2.05) is 42.3 Å². The highest BCUT2D eigenvalue weighted by atomic mass is 127. The van der Waals surface area contributed by atoms with Crippen LogP contribution in [0.5, 0.6) is 5.75 Å². The maximum absolute atomic E-state index is 12.4. The summed E-state index contributed by atoms with van der Waals surface area (Å²) in [5.74, 6) is 1.00. The number of aliphatic imine (C=N–C) groups is 1. The fraction of sp³-hybridized carbons (Fsp3) is 0.286. The van der Waals surface area contributed by atoms with Gasteiger partial charge in [0, 0.05) is 27.2 Å². The Hall–Kier alpha value is -2.62. The molecule has 0 bridgehead atoms. The van der Waals surface area contributed by atoms with Crippen molar-refractivity contribution in [3.8, 4) is 5.75 Å². The van der Waals surface area contributed by atoms with Crippen molar-refractivity contribution in [3.63, 3.8) is 0 Å². The molecule has 0 spiro atoms. The summed E-state index contributed by atoms with van der Waals surface area (Å²) in [6.45, 7) is 1.85. The summed E-state index contributed by atoms with van der Waals surface area (Å²) in [6.07, 6.45) is 0. The highest BCUT2D eigenvalue weighted by Crippen LogP contribution is 2.21. The van der Waals surface area contributed by atoms with E-state index >= 15 is 0 Å². The first-order valence-corrected chi connectivity index (χ1v) is 9.16. The van der Waals surface area contributed by atoms with Crippen molar-refractivity contribution >= 4 is 41.8 Å². The first-order chi connectivity index (χ1) is 13.6. The number of fused-ring (bicyclic) bond motifs is 1. The minimum absolute atomic E-state index is 0. The van der Waals surface area contributed by atoms with E-state index in [1.54, 1.807) is 31.3 Å². The Morgan fingerprint density at radius 2 is 1.62 bits per heavy atom. The Kier molecular flexibility index (Phi) is 8.44. The smallest absolute Gasteiger partial charge is 0.261 e. The van der Waals surface area contributed by atoms with Gasteiger partial charge in [-0.3, -0.25) is 19.5 Å². The quantitative estimate of drug-likeness (QED) is 0.269. The molecule has 2 amide bonds. The molecule has 0 aromatic heterocycles. The SMILES string of the molecule is CN=C(NCCN1C(=O)c2ccccc2C1=O)N(C)CCOc1ccccc1.I. The van der Waals surface area contributed by atoms with Gasteiger partial charge in [-0.15, -0.1) is 24.0 Å². The van der Waals surface area contributed by atoms with Crippen molar-refractivity contribution in [1.29, 1.82) is 0 Å². The van der Waals surface area contributed by atoms with Gasteiger partial charge in [0.2, 0.25) is 0 Å². The number of guanidine groups is 1. The third-order valence-corrected chi connectivity index (χ3v) is 4.51. The van der Waals surface area contributed by atoms with Crippen LogP contribution in [0.4, 0.5) is 0 Å². The van der Waals surface area contributed by atoms with Gasteiger partial charge >= 0.3 is 0 Å². The van der Waals surface area contributed by atoms with E-state index < -0.39 is 0 Å². The van der Waals surface area contributed by atoms with Crippen LogP contribution in [0.2, 0.25) is 0 Å². The Morgan fingerprint density at radius 3 is 2.21 bits per heavy atom. The maximum Gasteiger partial charge on any atom is 0.261 e. The molecule has 1 aliphatic rings. The van der Waals surface area contributed by atoms with Crippen LogP contribution in [0.1, 0.15) is 20.7 Å². The van der Waals surface area contributed by atoms with Gasteiger partial charge in [-0.25, -0.2) is 0 Å². The topological polar surface area (TPSA) is 74.2 Å². The summed E-state index contributed by atoms with van der Waals surface area (Å²) >= 11 is 0. The number of imide groups is 1. The molecule has 0 unspecified atom stereocenters. The number of rotatable bonds is 7. The fourth-order valence-electron chi connectivity index (χ4n) is 3.03. The van der Waals surface area contributed by atoms with Crippen LogP contribution in [0.3, 0.4) is 0 Å². The molecule has 0 saturated heterocycles. The molecule has 0 radical (unpaired) electrons. The second kappa shape index (κ2) is 10.8. The zero-order chi connectivity index (χ0) is 19.9. The number of amides is 2. The number of halogens is 1. The molecule has 8 heteroatoms. The summed E-state index contributed by atoms with van der Waals surface area (Å²) in [4.78, 5) is 32.2. The second-order valence-corrected chi connectivity index (χ2v) is 6.36. The molecule has 0 atom stereocenters. The van der Waals surface area contributed by atoms with Gasteiger partial charge < -0.3 is 15.0 Å². The molecule has 7 nitrogen and oxygen atoms in total. The minimum Gasteiger partial charge on any atom is -0.492 e. The molecule has 0 aliphatic carbocycles. The highest BCUT2D eigenvalue weighted by Gasteiger charge is 2.34. The standard InChI is InChI=1S/C21H24N4O3.HI/c1-22-21(24(2)14-15-28-16-8-4-3-5-9-16)23-12-13-25-19(26)17-10-6-7-11-18(17)20(25)27;/h3-11H,12-15H2,1-2H3,(H,22,23);1H. The van der Waals surface area contributed by atoms with E-state index in [9.17, 15) is 9.59 Å². The van der Waals surface area contributed by atoms with Crippen molar-refractivity contribution in [2.45, 2.75) is 0 Å². The fourth-order valence-corrected chi connectivity index (χ4v) is 3.03. The molecule has 1 heterocycles. The number of likely N-dealkylation sites (N-methyl/N-ethyl adjacent to an activating group) is 1. The summed E-state index contributed by atoms with van der Waals surface area (Å²) < 4.78 is 5.70. The van der Waals surface area contributed by atoms with E-state index in [0.29, 0.717) is 36.8 Å². The maximum atomic E-state index is 12.4. The van der Waals surface area contributed by atoms with E-state index in [2.05, 4.69) is 10.3 Å². The van der Waals surface area contributed by atoms with Gasteiger partial charge in [-0.05, 0) is 24.3 Å². The monoisotopic (exact) mass is 508 g/mol. The average Bonchev–Trinajstić information content (AvgIpc) is 2.97. The molecule has 3 rings (SSSR count). The first-order valence-electron chi connectivity index (χ1n) is 9.16. The number of carbonyl (C=O) groups excluding carboxylic acids is 2. The Balaban J connectivity index is 0.00000300. The molecular weight excluding hydrogens is 483 g/mol. The summed E-state index contributed by atoms with van der Waals surface area (Å²) in [6, 6.07) is 16.5. The normalized spacial score (nSPS) is 13.0. The lowest BCUT2D eigenvalue weighted by molar-refractivity contribution is 0.0657. The number of hydrogen-bond acceptors (Lipinski definition) is 4. The Morgan fingerprint density at radius 1 is 1.03 bits per heavy atom. The van der Waals surface area contributed by atoms with Crippen molar-refractivity contribution in [2.24, 2.45) is 4.99 Å². The van der Waals surface area contributed by atoms with Gasteiger partial charge in [-0.2, -0.15) is 0 Å². The van der Waals surface area contributed by atoms with Crippen LogP contribution in [-0.2, 0) is 0 Å². The van der Waals surface area contributed by atoms with Crippen molar-refractivity contribution in [3.05, 3.63) is 65.7 Å². The zero-order valence-electron chi connectivity index (χ0n) is 16.5. The van der Waals surface area contributed by atoms with Gasteiger partial charge in [0.25, 0.3) is 11.8 Å². The molecule has 2 aromatic rings. The highest BCUT2D eigenvalue weighted by molar-refractivity contribution is 14.0. The van der Waals surface area contributed by atoms with Crippen molar-refractivity contribution in [1.82, 2.24) is 15.1 Å². The van der Waals surface area contributed by atoms with Gasteiger partial charge in [0.05, 0.1) is 17.7 Å². The number of para-hydroxylation sites is 1. The number of hydrogen-bond donors (Lipinski definition) is 1. The number of benzene rings is 2. The molecular formula is C21H25IN4O3. The molecule has 1 N–H and O–H groups in total. The van der Waals surface area contributed by atoms with Crippen LogP contribution in [0.15, 0.2) is 59.6 Å². The average molecular weight is 508 g/mol. The summed E-state index contributed by atoms with van der Waals surface area (Å²) in [5.41, 5.74) is 0.930. The predicted octanol–water partition coefficient (Wildman–Crippen LogP) is 2.49. The molecule has 0 saturated carbocycles. The molecule has 1 aliphatic heterocycles. The lowest BCUT2D eigenvalue weighted by Gasteiger charge is -2.23. The lowest BCUT2D eigenvalue weighted by atomic mass is 10.1. The van der Waals surface area contributed by atoms with E-state index in [4.69, 9.17) is 4.74 Å². The van der Waals surface area contributed by atoms with Gasteiger partial charge in [0.15, 0.2) is 5.96 Å². The molecule has 2 aromatic carbocycles. The van der Waals surface area contributed by atoms with E-state index in [1.165, 1.54) is 4.90 Å². The summed E-state index contributed by atoms with van der Waals surface area (Å²) in [7, 11) is 3.60. The Labute approximate surface area is 187 Å². The first kappa shape index (κ1) is 22.7. The number of ether oxygens (including phenoxy) is 1. The minimum atomic E-state index is -0.248. The van der Waals surface area contributed by atoms with Gasteiger partial charge in [-0.1, -0.05) is 30.3 Å². The third kappa shape index (κ3) is 5.47. The predicted molar refractivity (Wildman–Crippen MR) is 123 cm³/mol. The zero-order valence-corrected chi connectivity index (χ0v) is 18.8. The van der Waals surface area contributed by atoms with E-state index in [0.717, 1.165) is 5.75 Å². The molecule has 0 fully saturated rings. The van der Waals surface area contributed by atoms with Gasteiger partial charge in [0.1, 0.15) is 12.4 Å².